The van der Waals surface area contributed by atoms with E-state index in [1.807, 2.05) is 37.3 Å². The van der Waals surface area contributed by atoms with Crippen molar-refractivity contribution >= 4 is 28.6 Å². The van der Waals surface area contributed by atoms with Crippen molar-refractivity contribution in [2.45, 2.75) is 38.9 Å². The van der Waals surface area contributed by atoms with Gasteiger partial charge in [0.2, 0.25) is 0 Å². The zero-order valence-electron chi connectivity index (χ0n) is 11.3. The molecule has 3 nitrogen and oxygen atoms in total. The van der Waals surface area contributed by atoms with Crippen molar-refractivity contribution in [1.82, 2.24) is 0 Å². The molecule has 0 fully saturated rings. The van der Waals surface area contributed by atoms with Crippen molar-refractivity contribution in [3.8, 4) is 0 Å². The number of halogens is 1. The van der Waals surface area contributed by atoms with E-state index in [1.54, 1.807) is 0 Å². The van der Waals surface area contributed by atoms with Crippen LogP contribution in [0.25, 0.3) is 0 Å². The molecule has 1 atom stereocenters. The topological polar surface area (TPSA) is 35.5 Å². The van der Waals surface area contributed by atoms with E-state index in [1.165, 1.54) is 0 Å². The number of ether oxygens (including phenoxy) is 2. The molecule has 0 aliphatic carbocycles. The SMILES string of the molecule is CC(CCI)OC(=O)CCCOCc1ccccc1. The van der Waals surface area contributed by atoms with Crippen LogP contribution in [0.5, 0.6) is 0 Å². The van der Waals surface area contributed by atoms with Crippen LogP contribution in [0, 0.1) is 0 Å². The van der Waals surface area contributed by atoms with Crippen molar-refractivity contribution < 1.29 is 14.3 Å². The maximum atomic E-state index is 11.5. The molecule has 0 heterocycles. The average Bonchev–Trinajstić information content (AvgIpc) is 2.39. The second kappa shape index (κ2) is 10.2. The molecule has 4 heteroatoms. The highest BCUT2D eigenvalue weighted by molar-refractivity contribution is 14.1. The molecule has 0 N–H and O–H groups in total. The lowest BCUT2D eigenvalue weighted by Crippen LogP contribution is -2.15. The van der Waals surface area contributed by atoms with Gasteiger partial charge in [0, 0.05) is 17.5 Å². The Morgan fingerprint density at radius 2 is 2.05 bits per heavy atom. The van der Waals surface area contributed by atoms with Crippen LogP contribution in [-0.4, -0.2) is 23.1 Å². The Morgan fingerprint density at radius 3 is 2.74 bits per heavy atom. The van der Waals surface area contributed by atoms with Gasteiger partial charge >= 0.3 is 5.97 Å². The molecule has 0 saturated heterocycles. The normalized spacial score (nSPS) is 12.1. The van der Waals surface area contributed by atoms with Gasteiger partial charge < -0.3 is 9.47 Å². The highest BCUT2D eigenvalue weighted by Crippen LogP contribution is 2.05. The summed E-state index contributed by atoms with van der Waals surface area (Å²) in [4.78, 5) is 11.5. The van der Waals surface area contributed by atoms with Gasteiger partial charge in [0.15, 0.2) is 0 Å². The van der Waals surface area contributed by atoms with Crippen LogP contribution in [-0.2, 0) is 20.9 Å². The van der Waals surface area contributed by atoms with Gasteiger partial charge in [-0.25, -0.2) is 0 Å². The zero-order valence-corrected chi connectivity index (χ0v) is 13.5. The van der Waals surface area contributed by atoms with E-state index < -0.39 is 0 Å². The first-order chi connectivity index (χ1) is 9.22. The van der Waals surface area contributed by atoms with E-state index in [0.717, 1.165) is 16.4 Å². The molecule has 1 aromatic carbocycles. The number of carbonyl (C=O) groups excluding carboxylic acids is 1. The van der Waals surface area contributed by atoms with Crippen LogP contribution >= 0.6 is 22.6 Å². The molecule has 0 spiro atoms. The molecule has 0 aliphatic heterocycles. The van der Waals surface area contributed by atoms with Crippen LogP contribution in [0.15, 0.2) is 30.3 Å². The summed E-state index contributed by atoms with van der Waals surface area (Å²) in [5, 5.41) is 0. The van der Waals surface area contributed by atoms with E-state index in [9.17, 15) is 4.79 Å². The standard InChI is InChI=1S/C15H21IO3/c1-13(9-10-16)19-15(17)8-5-11-18-12-14-6-3-2-4-7-14/h2-4,6-7,13H,5,8-12H2,1H3. The van der Waals surface area contributed by atoms with E-state index in [2.05, 4.69) is 22.6 Å². The Bertz CT molecular complexity index is 354. The number of alkyl halides is 1. The smallest absolute Gasteiger partial charge is 0.306 e. The van der Waals surface area contributed by atoms with Gasteiger partial charge in [-0.05, 0) is 25.3 Å². The summed E-state index contributed by atoms with van der Waals surface area (Å²) in [5.41, 5.74) is 1.15. The van der Waals surface area contributed by atoms with Crippen molar-refractivity contribution in [3.63, 3.8) is 0 Å². The number of carbonyl (C=O) groups is 1. The quantitative estimate of drug-likeness (QED) is 0.285. The summed E-state index contributed by atoms with van der Waals surface area (Å²) in [6, 6.07) is 10.0. The van der Waals surface area contributed by atoms with Crippen molar-refractivity contribution in [2.75, 3.05) is 11.0 Å². The number of hydrogen-bond donors (Lipinski definition) is 0. The summed E-state index contributed by atoms with van der Waals surface area (Å²) in [6.45, 7) is 3.12. The van der Waals surface area contributed by atoms with Crippen molar-refractivity contribution in [1.29, 1.82) is 0 Å². The number of esters is 1. The maximum Gasteiger partial charge on any atom is 0.306 e. The molecule has 0 aliphatic rings. The van der Waals surface area contributed by atoms with E-state index in [4.69, 9.17) is 9.47 Å². The molecular formula is C15H21IO3. The van der Waals surface area contributed by atoms with Crippen LogP contribution in [0.4, 0.5) is 0 Å². The molecule has 19 heavy (non-hydrogen) atoms. The van der Waals surface area contributed by atoms with Gasteiger partial charge in [0.1, 0.15) is 0 Å². The minimum Gasteiger partial charge on any atom is -0.463 e. The second-order valence-corrected chi connectivity index (χ2v) is 5.50. The predicted molar refractivity (Wildman–Crippen MR) is 84.4 cm³/mol. The van der Waals surface area contributed by atoms with E-state index >= 15 is 0 Å². The molecule has 0 amide bonds. The fourth-order valence-corrected chi connectivity index (χ4v) is 2.46. The molecule has 1 unspecified atom stereocenters. The minimum atomic E-state index is -0.124. The average molecular weight is 376 g/mol. The summed E-state index contributed by atoms with van der Waals surface area (Å²) in [6.07, 6.45) is 2.08. The van der Waals surface area contributed by atoms with Gasteiger partial charge in [-0.1, -0.05) is 52.9 Å². The summed E-state index contributed by atoms with van der Waals surface area (Å²) < 4.78 is 11.8. The van der Waals surface area contributed by atoms with Crippen LogP contribution in [0.2, 0.25) is 0 Å². The molecule has 0 bridgehead atoms. The first-order valence-corrected chi connectivity index (χ1v) is 8.12. The Hall–Kier alpha value is -0.620. The summed E-state index contributed by atoms with van der Waals surface area (Å²) in [5.74, 6) is -0.124. The Morgan fingerprint density at radius 1 is 1.32 bits per heavy atom. The maximum absolute atomic E-state index is 11.5. The van der Waals surface area contributed by atoms with Gasteiger partial charge in [-0.3, -0.25) is 4.79 Å². The number of rotatable bonds is 9. The van der Waals surface area contributed by atoms with Gasteiger partial charge in [0.25, 0.3) is 0 Å². The second-order valence-electron chi connectivity index (χ2n) is 4.42. The fourth-order valence-electron chi connectivity index (χ4n) is 1.58. The predicted octanol–water partition coefficient (Wildman–Crippen LogP) is 3.74. The molecule has 0 radical (unpaired) electrons. The first-order valence-electron chi connectivity index (χ1n) is 6.59. The summed E-state index contributed by atoms with van der Waals surface area (Å²) in [7, 11) is 0. The molecule has 0 aromatic heterocycles. The molecule has 0 saturated carbocycles. The van der Waals surface area contributed by atoms with Crippen LogP contribution in [0.3, 0.4) is 0 Å². The third-order valence-electron chi connectivity index (χ3n) is 2.63. The van der Waals surface area contributed by atoms with Crippen molar-refractivity contribution in [3.05, 3.63) is 35.9 Å². The van der Waals surface area contributed by atoms with Crippen molar-refractivity contribution in [2.24, 2.45) is 0 Å². The van der Waals surface area contributed by atoms with Gasteiger partial charge in [0.05, 0.1) is 12.7 Å². The Balaban J connectivity index is 2.03. The Labute approximate surface area is 128 Å². The highest BCUT2D eigenvalue weighted by Gasteiger charge is 2.08. The first kappa shape index (κ1) is 16.4. The molecule has 1 aromatic rings. The monoisotopic (exact) mass is 376 g/mol. The van der Waals surface area contributed by atoms with E-state index in [0.29, 0.717) is 26.1 Å². The lowest BCUT2D eigenvalue weighted by atomic mass is 10.2. The number of hydrogen-bond acceptors (Lipinski definition) is 3. The third-order valence-corrected chi connectivity index (χ3v) is 3.25. The lowest BCUT2D eigenvalue weighted by Gasteiger charge is -2.11. The largest absolute Gasteiger partial charge is 0.463 e. The van der Waals surface area contributed by atoms with E-state index in [-0.39, 0.29) is 12.1 Å². The highest BCUT2D eigenvalue weighted by atomic mass is 127. The minimum absolute atomic E-state index is 0.0228. The Kier molecular flexibility index (Phi) is 8.82. The van der Waals surface area contributed by atoms with Crippen LogP contribution < -0.4 is 0 Å². The fraction of sp³-hybridized carbons (Fsp3) is 0.533. The zero-order chi connectivity index (χ0) is 13.9. The molecule has 1 rings (SSSR count). The third kappa shape index (κ3) is 8.21. The lowest BCUT2D eigenvalue weighted by molar-refractivity contribution is -0.148. The van der Waals surface area contributed by atoms with Crippen LogP contribution in [0.1, 0.15) is 31.7 Å². The van der Waals surface area contributed by atoms with Gasteiger partial charge in [-0.15, -0.1) is 0 Å². The molecule has 106 valence electrons. The molecular weight excluding hydrogens is 355 g/mol. The summed E-state index contributed by atoms with van der Waals surface area (Å²) >= 11 is 2.28. The van der Waals surface area contributed by atoms with Gasteiger partial charge in [-0.2, -0.15) is 0 Å². The number of benzene rings is 1.